The molecule has 1 aliphatic rings. The predicted octanol–water partition coefficient (Wildman–Crippen LogP) is 3.86. The zero-order chi connectivity index (χ0) is 23.0. The monoisotopic (exact) mass is 437 g/mol. The molecular formula is C23H21F2N5O2. The summed E-state index contributed by atoms with van der Waals surface area (Å²) in [7, 11) is 1.37. The molecule has 0 radical (unpaired) electrons. The van der Waals surface area contributed by atoms with Gasteiger partial charge in [-0.1, -0.05) is 12.1 Å². The Morgan fingerprint density at radius 1 is 1.25 bits per heavy atom. The molecular weight excluding hydrogens is 416 g/mol. The molecule has 9 heteroatoms. The first-order valence-corrected chi connectivity index (χ1v) is 9.99. The van der Waals surface area contributed by atoms with E-state index >= 15 is 0 Å². The molecule has 4 rings (SSSR count). The topological polar surface area (TPSA) is 77.7 Å². The van der Waals surface area contributed by atoms with Crippen molar-refractivity contribution in [2.75, 3.05) is 20.2 Å². The molecule has 32 heavy (non-hydrogen) atoms. The molecule has 1 amide bonds. The minimum Gasteiger partial charge on any atom is -0.494 e. The van der Waals surface area contributed by atoms with Gasteiger partial charge >= 0.3 is 0 Å². The fraction of sp³-hybridized carbons (Fsp3) is 0.261. The molecule has 2 aromatic carbocycles. The van der Waals surface area contributed by atoms with E-state index in [0.717, 1.165) is 0 Å². The van der Waals surface area contributed by atoms with Crippen LogP contribution in [0.4, 0.5) is 14.5 Å². The Hall–Kier alpha value is -3.77. The summed E-state index contributed by atoms with van der Waals surface area (Å²) < 4.78 is 35.4. The van der Waals surface area contributed by atoms with Crippen LogP contribution < -0.4 is 10.5 Å². The van der Waals surface area contributed by atoms with E-state index in [1.807, 2.05) is 0 Å². The average molecular weight is 437 g/mol. The normalized spacial score (nSPS) is 15.6. The van der Waals surface area contributed by atoms with Gasteiger partial charge in [0.15, 0.2) is 11.6 Å². The molecule has 1 aromatic heterocycles. The Labute approximate surface area is 183 Å². The molecule has 1 aliphatic heterocycles. The van der Waals surface area contributed by atoms with Gasteiger partial charge in [0, 0.05) is 30.8 Å². The fourth-order valence-corrected chi connectivity index (χ4v) is 3.87. The smallest absolute Gasteiger partial charge is 0.274 e. The van der Waals surface area contributed by atoms with Crippen LogP contribution in [0.2, 0.25) is 0 Å². The lowest BCUT2D eigenvalue weighted by Gasteiger charge is -2.15. The van der Waals surface area contributed by atoms with Crippen LogP contribution in [0.3, 0.4) is 0 Å². The van der Waals surface area contributed by atoms with E-state index < -0.39 is 11.6 Å². The van der Waals surface area contributed by atoms with E-state index in [-0.39, 0.29) is 34.9 Å². The van der Waals surface area contributed by atoms with Crippen molar-refractivity contribution in [3.05, 3.63) is 70.8 Å². The van der Waals surface area contributed by atoms with Crippen molar-refractivity contribution in [3.63, 3.8) is 0 Å². The van der Waals surface area contributed by atoms with E-state index in [0.29, 0.717) is 36.5 Å². The Kier molecular flexibility index (Phi) is 5.63. The van der Waals surface area contributed by atoms with E-state index in [2.05, 4.69) is 9.83 Å². The van der Waals surface area contributed by atoms with Crippen LogP contribution in [0.25, 0.3) is 21.9 Å². The van der Waals surface area contributed by atoms with Gasteiger partial charge in [-0.25, -0.2) is 18.6 Å². The molecule has 164 valence electrons. The van der Waals surface area contributed by atoms with Gasteiger partial charge in [-0.15, -0.1) is 0 Å². The van der Waals surface area contributed by atoms with E-state index in [1.165, 1.54) is 31.4 Å². The number of rotatable bonds is 4. The second-order valence-electron chi connectivity index (χ2n) is 7.60. The summed E-state index contributed by atoms with van der Waals surface area (Å²) in [5, 5.41) is 0. The number of imidazole rings is 1. The number of ether oxygens (including phenoxy) is 1. The number of carbonyl (C=O) groups excluding carboxylic acids is 1. The van der Waals surface area contributed by atoms with Crippen LogP contribution in [0.5, 0.6) is 5.75 Å². The van der Waals surface area contributed by atoms with Crippen LogP contribution in [-0.4, -0.2) is 46.6 Å². The van der Waals surface area contributed by atoms with Crippen LogP contribution >= 0.6 is 0 Å². The highest BCUT2D eigenvalue weighted by Gasteiger charge is 2.30. The molecule has 2 N–H and O–H groups in total. The van der Waals surface area contributed by atoms with Crippen molar-refractivity contribution < 1.29 is 18.3 Å². The summed E-state index contributed by atoms with van der Waals surface area (Å²) >= 11 is 0. The lowest BCUT2D eigenvalue weighted by molar-refractivity contribution is 0.0785. The second kappa shape index (κ2) is 8.40. The first kappa shape index (κ1) is 21.5. The summed E-state index contributed by atoms with van der Waals surface area (Å²) in [6.45, 7) is 9.70. The number of nitrogens with zero attached hydrogens (tertiary/aromatic N) is 4. The minimum absolute atomic E-state index is 0.0721. The van der Waals surface area contributed by atoms with Gasteiger partial charge in [0.05, 0.1) is 25.1 Å². The Balaban J connectivity index is 1.89. The largest absolute Gasteiger partial charge is 0.494 e. The molecule has 7 nitrogen and oxygen atoms in total. The van der Waals surface area contributed by atoms with Gasteiger partial charge in [0.1, 0.15) is 17.3 Å². The Morgan fingerprint density at radius 3 is 2.62 bits per heavy atom. The molecule has 1 atom stereocenters. The first-order valence-electron chi connectivity index (χ1n) is 9.99. The molecule has 1 saturated heterocycles. The predicted molar refractivity (Wildman–Crippen MR) is 115 cm³/mol. The zero-order valence-electron chi connectivity index (χ0n) is 17.6. The summed E-state index contributed by atoms with van der Waals surface area (Å²) in [4.78, 5) is 22.5. The van der Waals surface area contributed by atoms with Gasteiger partial charge in [-0.2, -0.15) is 0 Å². The lowest BCUT2D eigenvalue weighted by Crippen LogP contribution is -2.32. The van der Waals surface area contributed by atoms with E-state index in [4.69, 9.17) is 17.0 Å². The number of halogens is 2. The van der Waals surface area contributed by atoms with Crippen molar-refractivity contribution >= 4 is 11.6 Å². The van der Waals surface area contributed by atoms with Crippen LogP contribution in [0.1, 0.15) is 22.6 Å². The zero-order valence-corrected chi connectivity index (χ0v) is 17.6. The molecule has 3 aromatic rings. The average Bonchev–Trinajstić information content (AvgIpc) is 3.36. The molecule has 2 heterocycles. The summed E-state index contributed by atoms with van der Waals surface area (Å²) in [6, 6.07) is 8.36. The number of benzene rings is 2. The summed E-state index contributed by atoms with van der Waals surface area (Å²) in [6.07, 6.45) is 0.700. The van der Waals surface area contributed by atoms with Crippen molar-refractivity contribution in [1.82, 2.24) is 14.5 Å². The fourth-order valence-electron chi connectivity index (χ4n) is 3.87. The van der Waals surface area contributed by atoms with E-state index in [1.54, 1.807) is 28.5 Å². The van der Waals surface area contributed by atoms with Gasteiger partial charge in [-0.05, 0) is 31.5 Å². The highest BCUT2D eigenvalue weighted by molar-refractivity contribution is 5.94. The number of nitrogens with two attached hydrogens (primary N) is 1. The van der Waals surface area contributed by atoms with Crippen molar-refractivity contribution in [2.45, 2.75) is 19.4 Å². The minimum atomic E-state index is -0.705. The molecule has 1 fully saturated rings. The van der Waals surface area contributed by atoms with Crippen molar-refractivity contribution in [2.24, 2.45) is 5.73 Å². The van der Waals surface area contributed by atoms with Crippen LogP contribution in [-0.2, 0) is 0 Å². The third-order valence-corrected chi connectivity index (χ3v) is 5.54. The number of carbonyl (C=O) groups is 1. The number of aromatic nitrogens is 2. The Morgan fingerprint density at radius 2 is 2.03 bits per heavy atom. The highest BCUT2D eigenvalue weighted by Crippen LogP contribution is 2.32. The standard InChI is InChI=1S/C23H21F2N5O2/c1-13-21(23(31)29-9-8-15(26)12-29)28-22(14-4-6-19(27-2)17(24)10-14)30(13)16-5-7-20(32-3)18(25)11-16/h4-7,10-11,15H,8-9,12,26H2,1,3H3/t15-/m0/s1. The van der Waals surface area contributed by atoms with Gasteiger partial charge < -0.3 is 15.4 Å². The molecule has 0 bridgehead atoms. The van der Waals surface area contributed by atoms with Crippen LogP contribution in [0.15, 0.2) is 36.4 Å². The van der Waals surface area contributed by atoms with Crippen LogP contribution in [0, 0.1) is 25.1 Å². The second-order valence-corrected chi connectivity index (χ2v) is 7.60. The maximum Gasteiger partial charge on any atom is 0.274 e. The quantitative estimate of drug-likeness (QED) is 0.629. The number of amides is 1. The summed E-state index contributed by atoms with van der Waals surface area (Å²) in [5.41, 5.74) is 7.23. The third-order valence-electron chi connectivity index (χ3n) is 5.54. The first-order chi connectivity index (χ1) is 15.3. The Bertz CT molecular complexity index is 1250. The number of hydrogen-bond acceptors (Lipinski definition) is 4. The molecule has 0 unspecified atom stereocenters. The number of likely N-dealkylation sites (tertiary alicyclic amines) is 1. The molecule has 0 aliphatic carbocycles. The number of hydrogen-bond donors (Lipinski definition) is 1. The molecule has 0 spiro atoms. The maximum absolute atomic E-state index is 14.5. The third kappa shape index (κ3) is 3.69. The van der Waals surface area contributed by atoms with Gasteiger partial charge in [0.25, 0.3) is 5.91 Å². The SMILES string of the molecule is [C-]#[N+]c1ccc(-c2nc(C(=O)N3CC[C@H](N)C3)c(C)n2-c2ccc(OC)c(F)c2)cc1F. The van der Waals surface area contributed by atoms with Gasteiger partial charge in [-0.3, -0.25) is 9.36 Å². The van der Waals surface area contributed by atoms with Crippen molar-refractivity contribution in [1.29, 1.82) is 0 Å². The lowest BCUT2D eigenvalue weighted by atomic mass is 10.1. The summed E-state index contributed by atoms with van der Waals surface area (Å²) in [5.74, 6) is -1.25. The molecule has 0 saturated carbocycles. The van der Waals surface area contributed by atoms with Crippen molar-refractivity contribution in [3.8, 4) is 22.8 Å². The maximum atomic E-state index is 14.5. The number of methoxy groups -OCH3 is 1. The van der Waals surface area contributed by atoms with Gasteiger partial charge in [0.2, 0.25) is 5.69 Å². The van der Waals surface area contributed by atoms with E-state index in [9.17, 15) is 13.6 Å². The highest BCUT2D eigenvalue weighted by atomic mass is 19.1.